The van der Waals surface area contributed by atoms with Gasteiger partial charge in [0.1, 0.15) is 18.5 Å². The van der Waals surface area contributed by atoms with Crippen LogP contribution in [0.2, 0.25) is 0 Å². The summed E-state index contributed by atoms with van der Waals surface area (Å²) in [6.45, 7) is 4.20. The monoisotopic (exact) mass is 205 g/mol. The Morgan fingerprint density at radius 3 is 2.73 bits per heavy atom. The summed E-state index contributed by atoms with van der Waals surface area (Å²) < 4.78 is 5.36. The van der Waals surface area contributed by atoms with Crippen LogP contribution in [-0.4, -0.2) is 17.8 Å². The number of ether oxygens (including phenoxy) is 1. The molecule has 15 heavy (non-hydrogen) atoms. The molecule has 0 saturated heterocycles. The van der Waals surface area contributed by atoms with Crippen LogP contribution in [0.1, 0.15) is 17.5 Å². The van der Waals surface area contributed by atoms with Gasteiger partial charge in [-0.2, -0.15) is 5.26 Å². The van der Waals surface area contributed by atoms with Crippen molar-refractivity contribution in [1.29, 1.82) is 5.26 Å². The smallest absolute Gasteiger partial charge is 0.119 e. The Morgan fingerprint density at radius 2 is 2.13 bits per heavy atom. The van der Waals surface area contributed by atoms with Gasteiger partial charge in [-0.25, -0.2) is 0 Å². The molecule has 3 nitrogen and oxygen atoms in total. The van der Waals surface area contributed by atoms with Gasteiger partial charge in [-0.05, 0) is 37.1 Å². The minimum atomic E-state index is -0.711. The van der Waals surface area contributed by atoms with Gasteiger partial charge in [0.05, 0.1) is 12.5 Å². The zero-order valence-electron chi connectivity index (χ0n) is 9.03. The number of nitriles is 1. The molecule has 0 heterocycles. The van der Waals surface area contributed by atoms with E-state index in [0.29, 0.717) is 0 Å². The van der Waals surface area contributed by atoms with Gasteiger partial charge in [-0.1, -0.05) is 6.07 Å². The highest BCUT2D eigenvalue weighted by atomic mass is 16.5. The first-order valence-electron chi connectivity index (χ1n) is 4.88. The topological polar surface area (TPSA) is 53.2 Å². The third kappa shape index (κ3) is 3.61. The SMILES string of the molecule is Cc1ccc(OCC(O)CC#N)cc1C. The van der Waals surface area contributed by atoms with Crippen LogP contribution >= 0.6 is 0 Å². The quantitative estimate of drug-likeness (QED) is 0.817. The number of aliphatic hydroxyl groups excluding tert-OH is 1. The third-order valence-corrected chi connectivity index (χ3v) is 2.25. The standard InChI is InChI=1S/C12H15NO2/c1-9-3-4-12(7-10(9)2)15-8-11(14)5-6-13/h3-4,7,11,14H,5,8H2,1-2H3. The Labute approximate surface area is 89.9 Å². The van der Waals surface area contributed by atoms with E-state index < -0.39 is 6.10 Å². The fourth-order valence-electron chi connectivity index (χ4n) is 1.16. The molecule has 1 aromatic rings. The van der Waals surface area contributed by atoms with Gasteiger partial charge >= 0.3 is 0 Å². The predicted octanol–water partition coefficient (Wildman–Crippen LogP) is 1.96. The number of rotatable bonds is 4. The van der Waals surface area contributed by atoms with Gasteiger partial charge in [0.25, 0.3) is 0 Å². The number of nitrogens with zero attached hydrogens (tertiary/aromatic N) is 1. The number of hydrogen-bond donors (Lipinski definition) is 1. The van der Waals surface area contributed by atoms with Crippen LogP contribution < -0.4 is 4.74 Å². The number of aliphatic hydroxyl groups is 1. The second-order valence-corrected chi connectivity index (χ2v) is 3.57. The van der Waals surface area contributed by atoms with Gasteiger partial charge in [-0.3, -0.25) is 0 Å². The Kier molecular flexibility index (Phi) is 4.14. The van der Waals surface area contributed by atoms with E-state index in [1.54, 1.807) is 0 Å². The first-order valence-corrected chi connectivity index (χ1v) is 4.88. The van der Waals surface area contributed by atoms with Crippen molar-refractivity contribution in [2.45, 2.75) is 26.4 Å². The maximum atomic E-state index is 9.29. The first-order chi connectivity index (χ1) is 7.13. The summed E-state index contributed by atoms with van der Waals surface area (Å²) in [5.74, 6) is 0.732. The van der Waals surface area contributed by atoms with E-state index in [0.717, 1.165) is 11.3 Å². The van der Waals surface area contributed by atoms with E-state index in [1.165, 1.54) is 5.56 Å². The molecule has 1 N–H and O–H groups in total. The van der Waals surface area contributed by atoms with Crippen LogP contribution in [-0.2, 0) is 0 Å². The Hall–Kier alpha value is -1.53. The third-order valence-electron chi connectivity index (χ3n) is 2.25. The summed E-state index contributed by atoms with van der Waals surface area (Å²) in [6, 6.07) is 7.66. The molecular formula is C12H15NO2. The molecule has 80 valence electrons. The lowest BCUT2D eigenvalue weighted by atomic mass is 10.1. The van der Waals surface area contributed by atoms with Crippen molar-refractivity contribution in [3.05, 3.63) is 29.3 Å². The second kappa shape index (κ2) is 5.38. The largest absolute Gasteiger partial charge is 0.491 e. The number of aryl methyl sites for hydroxylation is 2. The van der Waals surface area contributed by atoms with Crippen molar-refractivity contribution >= 4 is 0 Å². The molecule has 1 atom stereocenters. The molecule has 0 saturated carbocycles. The Morgan fingerprint density at radius 1 is 1.40 bits per heavy atom. The summed E-state index contributed by atoms with van der Waals surface area (Å²) >= 11 is 0. The molecule has 3 heteroatoms. The van der Waals surface area contributed by atoms with Gasteiger partial charge in [0, 0.05) is 0 Å². The molecule has 0 radical (unpaired) electrons. The predicted molar refractivity (Wildman–Crippen MR) is 57.6 cm³/mol. The summed E-state index contributed by atoms with van der Waals surface area (Å²) in [5, 5.41) is 17.6. The average molecular weight is 205 g/mol. The van der Waals surface area contributed by atoms with Crippen molar-refractivity contribution < 1.29 is 9.84 Å². The molecule has 1 rings (SSSR count). The minimum absolute atomic E-state index is 0.102. The van der Waals surface area contributed by atoms with Crippen molar-refractivity contribution in [2.24, 2.45) is 0 Å². The van der Waals surface area contributed by atoms with Crippen LogP contribution in [0.25, 0.3) is 0 Å². The average Bonchev–Trinajstić information content (AvgIpc) is 2.20. The zero-order chi connectivity index (χ0) is 11.3. The van der Waals surface area contributed by atoms with E-state index in [1.807, 2.05) is 38.1 Å². The first kappa shape index (κ1) is 11.5. The van der Waals surface area contributed by atoms with Crippen molar-refractivity contribution in [3.8, 4) is 11.8 Å². The molecule has 0 aliphatic carbocycles. The van der Waals surface area contributed by atoms with Crippen LogP contribution in [0, 0.1) is 25.2 Å². The highest BCUT2D eigenvalue weighted by Crippen LogP contribution is 2.16. The van der Waals surface area contributed by atoms with E-state index in [2.05, 4.69) is 0 Å². The van der Waals surface area contributed by atoms with E-state index in [4.69, 9.17) is 10.00 Å². The lowest BCUT2D eigenvalue weighted by Gasteiger charge is -2.10. The molecule has 0 spiro atoms. The van der Waals surface area contributed by atoms with Gasteiger partial charge in [0.2, 0.25) is 0 Å². The van der Waals surface area contributed by atoms with Gasteiger partial charge in [-0.15, -0.1) is 0 Å². The molecule has 0 fully saturated rings. The van der Waals surface area contributed by atoms with Crippen LogP contribution in [0.4, 0.5) is 0 Å². The number of hydrogen-bond acceptors (Lipinski definition) is 3. The lowest BCUT2D eigenvalue weighted by molar-refractivity contribution is 0.111. The Bertz CT molecular complexity index is 368. The second-order valence-electron chi connectivity index (χ2n) is 3.57. The van der Waals surface area contributed by atoms with E-state index >= 15 is 0 Å². The molecule has 0 amide bonds. The molecular weight excluding hydrogens is 190 g/mol. The zero-order valence-corrected chi connectivity index (χ0v) is 9.03. The fraction of sp³-hybridized carbons (Fsp3) is 0.417. The van der Waals surface area contributed by atoms with Gasteiger partial charge < -0.3 is 9.84 Å². The molecule has 0 aliphatic rings. The number of benzene rings is 1. The van der Waals surface area contributed by atoms with Crippen LogP contribution in [0.5, 0.6) is 5.75 Å². The van der Waals surface area contributed by atoms with Crippen LogP contribution in [0.3, 0.4) is 0 Å². The van der Waals surface area contributed by atoms with Crippen molar-refractivity contribution in [3.63, 3.8) is 0 Å². The van der Waals surface area contributed by atoms with Crippen molar-refractivity contribution in [2.75, 3.05) is 6.61 Å². The normalized spacial score (nSPS) is 11.9. The fourth-order valence-corrected chi connectivity index (χ4v) is 1.16. The summed E-state index contributed by atoms with van der Waals surface area (Å²) in [6.07, 6.45) is -0.609. The highest BCUT2D eigenvalue weighted by Gasteiger charge is 2.04. The van der Waals surface area contributed by atoms with E-state index in [-0.39, 0.29) is 13.0 Å². The molecule has 0 aliphatic heterocycles. The summed E-state index contributed by atoms with van der Waals surface area (Å²) in [7, 11) is 0. The molecule has 0 aromatic heterocycles. The van der Waals surface area contributed by atoms with Gasteiger partial charge in [0.15, 0.2) is 0 Å². The molecule has 1 aromatic carbocycles. The van der Waals surface area contributed by atoms with Crippen LogP contribution in [0.15, 0.2) is 18.2 Å². The minimum Gasteiger partial charge on any atom is -0.491 e. The maximum Gasteiger partial charge on any atom is 0.119 e. The summed E-state index contributed by atoms with van der Waals surface area (Å²) in [4.78, 5) is 0. The van der Waals surface area contributed by atoms with E-state index in [9.17, 15) is 5.11 Å². The summed E-state index contributed by atoms with van der Waals surface area (Å²) in [5.41, 5.74) is 2.36. The molecule has 0 bridgehead atoms. The maximum absolute atomic E-state index is 9.29. The molecule has 1 unspecified atom stereocenters. The Balaban J connectivity index is 2.51. The highest BCUT2D eigenvalue weighted by molar-refractivity contribution is 5.33. The van der Waals surface area contributed by atoms with Crippen molar-refractivity contribution in [1.82, 2.24) is 0 Å². The lowest BCUT2D eigenvalue weighted by Crippen LogP contribution is -2.16.